The molecule has 0 spiro atoms. The summed E-state index contributed by atoms with van der Waals surface area (Å²) in [4.78, 5) is 34.7. The lowest BCUT2D eigenvalue weighted by Gasteiger charge is -2.27. The molecule has 2 aliphatic heterocycles. The van der Waals surface area contributed by atoms with Crippen molar-refractivity contribution in [2.45, 2.75) is 19.9 Å². The van der Waals surface area contributed by atoms with Gasteiger partial charge in [0.25, 0.3) is 5.56 Å². The molecule has 0 amide bonds. The zero-order valence-corrected chi connectivity index (χ0v) is 23.3. The van der Waals surface area contributed by atoms with Crippen LogP contribution in [0.2, 0.25) is 0 Å². The molecule has 4 aromatic rings. The summed E-state index contributed by atoms with van der Waals surface area (Å²) < 4.78 is 24.8. The molecule has 0 aliphatic carbocycles. The van der Waals surface area contributed by atoms with E-state index in [9.17, 15) is 9.59 Å². The number of thiazole rings is 1. The number of furan rings is 1. The van der Waals surface area contributed by atoms with Gasteiger partial charge in [-0.15, -0.1) is 0 Å². The zero-order chi connectivity index (χ0) is 27.8. The highest BCUT2D eigenvalue weighted by Gasteiger charge is 2.36. The summed E-state index contributed by atoms with van der Waals surface area (Å²) in [6.07, 6.45) is 1.73. The van der Waals surface area contributed by atoms with E-state index in [1.54, 1.807) is 31.6 Å². The summed E-state index contributed by atoms with van der Waals surface area (Å²) in [7, 11) is 1.58. The number of ether oxygens (including phenoxy) is 3. The maximum Gasteiger partial charge on any atom is 0.338 e. The average molecular weight is 560 g/mol. The topological polar surface area (TPSA) is 95.5 Å². The highest BCUT2D eigenvalue weighted by molar-refractivity contribution is 7.07. The van der Waals surface area contributed by atoms with E-state index in [-0.39, 0.29) is 12.2 Å². The lowest BCUT2D eigenvalue weighted by atomic mass is 9.90. The van der Waals surface area contributed by atoms with Gasteiger partial charge >= 0.3 is 5.97 Å². The Morgan fingerprint density at radius 2 is 1.95 bits per heavy atom. The number of hydrogen-bond donors (Lipinski definition) is 0. The fraction of sp³-hybridized carbons (Fsp3) is 0.300. The second kappa shape index (κ2) is 10.8. The molecular formula is C30H29N3O6S. The van der Waals surface area contributed by atoms with Gasteiger partial charge in [-0.05, 0) is 36.8 Å². The summed E-state index contributed by atoms with van der Waals surface area (Å²) in [6, 6.07) is 14.6. The maximum atomic E-state index is 14.1. The summed E-state index contributed by atoms with van der Waals surface area (Å²) >= 11 is 1.26. The molecule has 9 nitrogen and oxygen atoms in total. The molecule has 2 aromatic heterocycles. The van der Waals surface area contributed by atoms with Gasteiger partial charge in [-0.3, -0.25) is 9.36 Å². The highest BCUT2D eigenvalue weighted by Crippen LogP contribution is 2.40. The van der Waals surface area contributed by atoms with Crippen molar-refractivity contribution in [3.05, 3.63) is 90.8 Å². The Hall–Kier alpha value is -4.15. The van der Waals surface area contributed by atoms with Crippen LogP contribution < -0.4 is 24.5 Å². The molecule has 0 radical (unpaired) electrons. The van der Waals surface area contributed by atoms with Gasteiger partial charge in [-0.1, -0.05) is 41.7 Å². The number of allylic oxidation sites excluding steroid dienone is 1. The van der Waals surface area contributed by atoms with Crippen LogP contribution in [0.25, 0.3) is 16.8 Å². The predicted octanol–water partition coefficient (Wildman–Crippen LogP) is 3.39. The monoisotopic (exact) mass is 559 g/mol. The molecule has 2 aliphatic rings. The highest BCUT2D eigenvalue weighted by atomic mass is 32.1. The van der Waals surface area contributed by atoms with Crippen molar-refractivity contribution in [1.29, 1.82) is 0 Å². The molecule has 0 saturated carbocycles. The van der Waals surface area contributed by atoms with Crippen molar-refractivity contribution < 1.29 is 23.4 Å². The number of esters is 1. The number of methoxy groups -OCH3 is 1. The zero-order valence-electron chi connectivity index (χ0n) is 22.5. The smallest absolute Gasteiger partial charge is 0.338 e. The van der Waals surface area contributed by atoms with E-state index < -0.39 is 12.0 Å². The van der Waals surface area contributed by atoms with E-state index in [2.05, 4.69) is 4.90 Å². The quantitative estimate of drug-likeness (QED) is 0.334. The van der Waals surface area contributed by atoms with E-state index in [0.717, 1.165) is 29.7 Å². The van der Waals surface area contributed by atoms with E-state index >= 15 is 0 Å². The maximum absolute atomic E-state index is 14.1. The standard InChI is InChI=1S/C30H29N3O6S/c1-4-38-29(35)25-18(2)31-30-33(27(25)26-21-8-6-5-7-19(21)9-11-22(26)36-3)28(34)23(40-30)17-20-10-12-24(39-20)32-13-15-37-16-14-32/h5-12,17,27H,4,13-16H2,1-3H3/b23-17+/t27-/m0/s1. The van der Waals surface area contributed by atoms with Gasteiger partial charge in [0.2, 0.25) is 0 Å². The third-order valence-corrected chi connectivity index (χ3v) is 8.13. The number of nitrogens with zero attached hydrogens (tertiary/aromatic N) is 3. The van der Waals surface area contributed by atoms with Gasteiger partial charge in [0.05, 0.1) is 42.7 Å². The first-order valence-electron chi connectivity index (χ1n) is 13.2. The van der Waals surface area contributed by atoms with Crippen molar-refractivity contribution in [1.82, 2.24) is 4.57 Å². The van der Waals surface area contributed by atoms with Crippen LogP contribution in [0.4, 0.5) is 5.88 Å². The van der Waals surface area contributed by atoms with Crippen LogP contribution in [0.5, 0.6) is 5.75 Å². The second-order valence-electron chi connectivity index (χ2n) is 9.48. The molecule has 0 N–H and O–H groups in total. The largest absolute Gasteiger partial charge is 0.496 e. The van der Waals surface area contributed by atoms with Gasteiger partial charge in [0, 0.05) is 30.8 Å². The third kappa shape index (κ3) is 4.52. The minimum atomic E-state index is -0.793. The summed E-state index contributed by atoms with van der Waals surface area (Å²) in [5.74, 6) is 1.35. The molecule has 40 heavy (non-hydrogen) atoms. The minimum absolute atomic E-state index is 0.198. The molecule has 0 unspecified atom stereocenters. The molecule has 1 fully saturated rings. The Morgan fingerprint density at radius 3 is 2.73 bits per heavy atom. The van der Waals surface area contributed by atoms with Gasteiger partial charge < -0.3 is 23.5 Å². The number of hydrogen-bond acceptors (Lipinski definition) is 9. The number of fused-ring (bicyclic) bond motifs is 2. The number of aromatic nitrogens is 1. The van der Waals surface area contributed by atoms with Crippen molar-refractivity contribution in [2.75, 3.05) is 44.9 Å². The van der Waals surface area contributed by atoms with Crippen LogP contribution in [0, 0.1) is 0 Å². The Kier molecular flexibility index (Phi) is 7.03. The molecule has 2 aromatic carbocycles. The van der Waals surface area contributed by atoms with Crippen LogP contribution in [-0.4, -0.2) is 50.6 Å². The lowest BCUT2D eigenvalue weighted by Crippen LogP contribution is -2.40. The van der Waals surface area contributed by atoms with E-state index in [4.69, 9.17) is 23.6 Å². The van der Waals surface area contributed by atoms with Gasteiger partial charge in [-0.2, -0.15) is 0 Å². The first-order valence-corrected chi connectivity index (χ1v) is 14.0. The first kappa shape index (κ1) is 26.1. The van der Waals surface area contributed by atoms with E-state index in [0.29, 0.717) is 50.9 Å². The molecular weight excluding hydrogens is 530 g/mol. The predicted molar refractivity (Wildman–Crippen MR) is 153 cm³/mol. The van der Waals surface area contributed by atoms with Crippen LogP contribution in [0.3, 0.4) is 0 Å². The Labute approximate surface area is 234 Å². The van der Waals surface area contributed by atoms with E-state index in [1.807, 2.05) is 48.5 Å². The van der Waals surface area contributed by atoms with Crippen LogP contribution >= 0.6 is 11.3 Å². The number of benzene rings is 2. The van der Waals surface area contributed by atoms with Gasteiger partial charge in [0.1, 0.15) is 17.6 Å². The molecule has 0 bridgehead atoms. The Balaban J connectivity index is 1.55. The summed E-state index contributed by atoms with van der Waals surface area (Å²) in [5.41, 5.74) is 1.24. The Bertz CT molecular complexity index is 1810. The molecule has 1 saturated heterocycles. The molecule has 1 atom stereocenters. The number of rotatable bonds is 6. The van der Waals surface area contributed by atoms with Crippen molar-refractivity contribution in [3.8, 4) is 5.75 Å². The van der Waals surface area contributed by atoms with E-state index in [1.165, 1.54) is 11.3 Å². The average Bonchev–Trinajstić information content (AvgIpc) is 3.56. The Morgan fingerprint density at radius 1 is 1.15 bits per heavy atom. The fourth-order valence-corrected chi connectivity index (χ4v) is 6.33. The second-order valence-corrected chi connectivity index (χ2v) is 10.5. The van der Waals surface area contributed by atoms with Crippen molar-refractivity contribution >= 4 is 40.0 Å². The molecule has 206 valence electrons. The minimum Gasteiger partial charge on any atom is -0.496 e. The van der Waals surface area contributed by atoms with Crippen LogP contribution in [-0.2, 0) is 14.3 Å². The molecule has 10 heteroatoms. The van der Waals surface area contributed by atoms with Crippen molar-refractivity contribution in [2.24, 2.45) is 4.99 Å². The third-order valence-electron chi connectivity index (χ3n) is 7.15. The number of carbonyl (C=O) groups is 1. The number of anilines is 1. The van der Waals surface area contributed by atoms with Crippen LogP contribution in [0.1, 0.15) is 31.2 Å². The van der Waals surface area contributed by atoms with Gasteiger partial charge in [-0.25, -0.2) is 9.79 Å². The number of morpholine rings is 1. The summed E-state index contributed by atoms with van der Waals surface area (Å²) in [6.45, 7) is 6.52. The van der Waals surface area contributed by atoms with Crippen molar-refractivity contribution in [3.63, 3.8) is 0 Å². The fourth-order valence-electron chi connectivity index (χ4n) is 5.30. The lowest BCUT2D eigenvalue weighted by molar-refractivity contribution is -0.139. The molecule has 4 heterocycles. The SMILES string of the molecule is CCOC(=O)C1=C(C)N=c2s/c(=C/c3ccc(N4CCOCC4)o3)c(=O)n2[C@@H]1c1c(OC)ccc2ccccc12. The molecule has 6 rings (SSSR count). The number of carbonyl (C=O) groups excluding carboxylic acids is 1. The first-order chi connectivity index (χ1) is 19.5. The van der Waals surface area contributed by atoms with Gasteiger partial charge in [0.15, 0.2) is 10.7 Å². The summed E-state index contributed by atoms with van der Waals surface area (Å²) in [5, 5.41) is 1.84. The van der Waals surface area contributed by atoms with Crippen LogP contribution in [0.15, 0.2) is 74.0 Å². The normalized spacial score (nSPS) is 17.6.